The Morgan fingerprint density at radius 1 is 1.54 bits per heavy atom. The van der Waals surface area contributed by atoms with E-state index in [-0.39, 0.29) is 5.91 Å². The normalized spacial score (nSPS) is 23.2. The van der Waals surface area contributed by atoms with Crippen LogP contribution >= 0.6 is 0 Å². The molecule has 1 unspecified atom stereocenters. The Morgan fingerprint density at radius 3 is 2.92 bits per heavy atom. The molecule has 1 aliphatic rings. The lowest BCUT2D eigenvalue weighted by Gasteiger charge is -2.35. The van der Waals surface area contributed by atoms with Gasteiger partial charge in [0, 0.05) is 25.6 Å². The number of carbonyl (C=O) groups is 1. The van der Waals surface area contributed by atoms with E-state index in [1.54, 1.807) is 0 Å². The van der Waals surface area contributed by atoms with Gasteiger partial charge in [-0.1, -0.05) is 6.92 Å². The minimum Gasteiger partial charge on any atom is -0.338 e. The van der Waals surface area contributed by atoms with Crippen LogP contribution in [0.1, 0.15) is 39.0 Å². The van der Waals surface area contributed by atoms with E-state index in [4.69, 9.17) is 5.73 Å². The lowest BCUT2D eigenvalue weighted by atomic mass is 10.0. The molecule has 1 amide bonds. The highest BCUT2D eigenvalue weighted by atomic mass is 16.2. The van der Waals surface area contributed by atoms with Crippen LogP contribution in [0.4, 0.5) is 0 Å². The molecule has 1 atom stereocenters. The van der Waals surface area contributed by atoms with E-state index < -0.39 is 0 Å². The standard InChI is InChI=1S/C10H20N2O/c1-2-5-10(13)12-7-4-3-6-9(12)8-11/h9H,2-8,11H2,1H3. The zero-order valence-electron chi connectivity index (χ0n) is 8.46. The Morgan fingerprint density at radius 2 is 2.31 bits per heavy atom. The molecule has 0 aromatic heterocycles. The predicted octanol–water partition coefficient (Wildman–Crippen LogP) is 1.13. The SMILES string of the molecule is CCCC(=O)N1CCCCC1CN. The van der Waals surface area contributed by atoms with Gasteiger partial charge < -0.3 is 10.6 Å². The Balaban J connectivity index is 2.48. The second-order valence-corrected chi connectivity index (χ2v) is 3.72. The lowest BCUT2D eigenvalue weighted by Crippen LogP contribution is -2.47. The van der Waals surface area contributed by atoms with Gasteiger partial charge in [-0.15, -0.1) is 0 Å². The van der Waals surface area contributed by atoms with E-state index in [0.717, 1.165) is 25.8 Å². The number of rotatable bonds is 3. The minimum absolute atomic E-state index is 0.289. The second kappa shape index (κ2) is 5.22. The van der Waals surface area contributed by atoms with Crippen LogP contribution in [0.2, 0.25) is 0 Å². The number of likely N-dealkylation sites (tertiary alicyclic amines) is 1. The number of piperidine rings is 1. The van der Waals surface area contributed by atoms with Crippen LogP contribution in [-0.4, -0.2) is 29.9 Å². The van der Waals surface area contributed by atoms with E-state index in [0.29, 0.717) is 19.0 Å². The van der Waals surface area contributed by atoms with E-state index >= 15 is 0 Å². The summed E-state index contributed by atoms with van der Waals surface area (Å²) < 4.78 is 0. The van der Waals surface area contributed by atoms with Crippen LogP contribution in [0.25, 0.3) is 0 Å². The summed E-state index contributed by atoms with van der Waals surface area (Å²) in [6, 6.07) is 0.313. The molecule has 0 aromatic carbocycles. The van der Waals surface area contributed by atoms with Crippen LogP contribution in [0.15, 0.2) is 0 Å². The van der Waals surface area contributed by atoms with Crippen molar-refractivity contribution >= 4 is 5.91 Å². The van der Waals surface area contributed by atoms with Crippen LogP contribution in [-0.2, 0) is 4.79 Å². The average molecular weight is 184 g/mol. The van der Waals surface area contributed by atoms with Gasteiger partial charge in [-0.2, -0.15) is 0 Å². The molecule has 0 saturated carbocycles. The molecule has 2 N–H and O–H groups in total. The quantitative estimate of drug-likeness (QED) is 0.714. The average Bonchev–Trinajstić information content (AvgIpc) is 2.18. The summed E-state index contributed by atoms with van der Waals surface area (Å²) in [5.41, 5.74) is 5.63. The van der Waals surface area contributed by atoms with E-state index in [1.807, 2.05) is 11.8 Å². The zero-order valence-corrected chi connectivity index (χ0v) is 8.46. The molecule has 3 nitrogen and oxygen atoms in total. The molecule has 1 saturated heterocycles. The van der Waals surface area contributed by atoms with Gasteiger partial charge >= 0.3 is 0 Å². The third-order valence-electron chi connectivity index (χ3n) is 2.68. The van der Waals surface area contributed by atoms with Gasteiger partial charge in [-0.05, 0) is 25.7 Å². The maximum Gasteiger partial charge on any atom is 0.222 e. The highest BCUT2D eigenvalue weighted by Crippen LogP contribution is 2.17. The predicted molar refractivity (Wildman–Crippen MR) is 53.3 cm³/mol. The van der Waals surface area contributed by atoms with E-state index in [9.17, 15) is 4.79 Å². The highest BCUT2D eigenvalue weighted by Gasteiger charge is 2.24. The number of amides is 1. The molecule has 13 heavy (non-hydrogen) atoms. The summed E-state index contributed by atoms with van der Waals surface area (Å²) in [4.78, 5) is 13.6. The first-order chi connectivity index (χ1) is 6.29. The molecule has 1 aliphatic heterocycles. The molecule has 1 rings (SSSR count). The minimum atomic E-state index is 0.289. The van der Waals surface area contributed by atoms with E-state index in [1.165, 1.54) is 6.42 Å². The summed E-state index contributed by atoms with van der Waals surface area (Å²) in [6.45, 7) is 3.58. The summed E-state index contributed by atoms with van der Waals surface area (Å²) >= 11 is 0. The van der Waals surface area contributed by atoms with Gasteiger partial charge in [0.1, 0.15) is 0 Å². The summed E-state index contributed by atoms with van der Waals surface area (Å²) in [5, 5.41) is 0. The number of hydrogen-bond donors (Lipinski definition) is 1. The lowest BCUT2D eigenvalue weighted by molar-refractivity contribution is -0.134. The third-order valence-corrected chi connectivity index (χ3v) is 2.68. The summed E-state index contributed by atoms with van der Waals surface area (Å²) in [5.74, 6) is 0.289. The maximum absolute atomic E-state index is 11.6. The van der Waals surface area contributed by atoms with Crippen LogP contribution in [0.3, 0.4) is 0 Å². The molecular formula is C10H20N2O. The van der Waals surface area contributed by atoms with Crippen molar-refractivity contribution in [2.24, 2.45) is 5.73 Å². The molecular weight excluding hydrogens is 164 g/mol. The van der Waals surface area contributed by atoms with Crippen LogP contribution in [0.5, 0.6) is 0 Å². The van der Waals surface area contributed by atoms with Crippen molar-refractivity contribution in [1.29, 1.82) is 0 Å². The molecule has 3 heteroatoms. The van der Waals surface area contributed by atoms with Crippen molar-refractivity contribution in [2.45, 2.75) is 45.1 Å². The fourth-order valence-electron chi connectivity index (χ4n) is 1.93. The van der Waals surface area contributed by atoms with Gasteiger partial charge in [0.2, 0.25) is 5.91 Å². The van der Waals surface area contributed by atoms with Crippen molar-refractivity contribution in [1.82, 2.24) is 4.90 Å². The first-order valence-corrected chi connectivity index (χ1v) is 5.29. The Hall–Kier alpha value is -0.570. The monoisotopic (exact) mass is 184 g/mol. The van der Waals surface area contributed by atoms with Gasteiger partial charge in [-0.25, -0.2) is 0 Å². The van der Waals surface area contributed by atoms with Gasteiger partial charge in [0.05, 0.1) is 0 Å². The van der Waals surface area contributed by atoms with Crippen molar-refractivity contribution in [3.05, 3.63) is 0 Å². The molecule has 0 aromatic rings. The number of carbonyl (C=O) groups excluding carboxylic acids is 1. The second-order valence-electron chi connectivity index (χ2n) is 3.72. The first-order valence-electron chi connectivity index (χ1n) is 5.29. The number of hydrogen-bond acceptors (Lipinski definition) is 2. The fraction of sp³-hybridized carbons (Fsp3) is 0.900. The van der Waals surface area contributed by atoms with Crippen molar-refractivity contribution < 1.29 is 4.79 Å². The maximum atomic E-state index is 11.6. The van der Waals surface area contributed by atoms with Gasteiger partial charge in [0.25, 0.3) is 0 Å². The molecule has 0 aliphatic carbocycles. The van der Waals surface area contributed by atoms with Gasteiger partial charge in [-0.3, -0.25) is 4.79 Å². The first kappa shape index (κ1) is 10.5. The Labute approximate surface area is 80.3 Å². The zero-order chi connectivity index (χ0) is 9.68. The Kier molecular flexibility index (Phi) is 4.22. The highest BCUT2D eigenvalue weighted by molar-refractivity contribution is 5.76. The Bertz CT molecular complexity index is 170. The molecule has 0 bridgehead atoms. The molecule has 1 heterocycles. The molecule has 0 radical (unpaired) electrons. The molecule has 1 fully saturated rings. The fourth-order valence-corrected chi connectivity index (χ4v) is 1.93. The van der Waals surface area contributed by atoms with Crippen molar-refractivity contribution in [3.63, 3.8) is 0 Å². The van der Waals surface area contributed by atoms with Crippen molar-refractivity contribution in [2.75, 3.05) is 13.1 Å². The van der Waals surface area contributed by atoms with Crippen molar-refractivity contribution in [3.8, 4) is 0 Å². The number of nitrogens with zero attached hydrogens (tertiary/aromatic N) is 1. The largest absolute Gasteiger partial charge is 0.338 e. The molecule has 0 spiro atoms. The third kappa shape index (κ3) is 2.69. The van der Waals surface area contributed by atoms with Gasteiger partial charge in [0.15, 0.2) is 0 Å². The summed E-state index contributed by atoms with van der Waals surface area (Å²) in [6.07, 6.45) is 5.07. The summed E-state index contributed by atoms with van der Waals surface area (Å²) in [7, 11) is 0. The van der Waals surface area contributed by atoms with E-state index in [2.05, 4.69) is 0 Å². The topological polar surface area (TPSA) is 46.3 Å². The van der Waals surface area contributed by atoms with Crippen LogP contribution < -0.4 is 5.73 Å². The molecule has 76 valence electrons. The number of nitrogens with two attached hydrogens (primary N) is 1. The smallest absolute Gasteiger partial charge is 0.222 e. The van der Waals surface area contributed by atoms with Crippen LogP contribution in [0, 0.1) is 0 Å².